The second-order valence-corrected chi connectivity index (χ2v) is 11.2. The maximum atomic E-state index is 12.2. The molecular formula is C21H34NaO5P. The molecule has 4 aliphatic carbocycles. The van der Waals surface area contributed by atoms with Crippen molar-refractivity contribution in [2.75, 3.05) is 0 Å². The van der Waals surface area contributed by atoms with Gasteiger partial charge in [0, 0.05) is 5.92 Å². The normalized spacial score (nSPS) is 45.2. The van der Waals surface area contributed by atoms with Gasteiger partial charge in [-0.2, -0.15) is 0 Å². The molecule has 5 nitrogen and oxygen atoms in total. The van der Waals surface area contributed by atoms with E-state index in [4.69, 9.17) is 14.3 Å². The first-order valence-corrected chi connectivity index (χ1v) is 12.0. The van der Waals surface area contributed by atoms with Crippen LogP contribution in [0.25, 0.3) is 0 Å². The molecule has 2 N–H and O–H groups in total. The molecule has 3 fully saturated rings. The molecule has 0 aliphatic heterocycles. The molecule has 0 aromatic rings. The summed E-state index contributed by atoms with van der Waals surface area (Å²) in [6.45, 7) is 6.50. The first-order valence-electron chi connectivity index (χ1n) is 10.5. The molecule has 0 aromatic carbocycles. The van der Waals surface area contributed by atoms with Crippen molar-refractivity contribution in [3.8, 4) is 0 Å². The van der Waals surface area contributed by atoms with Crippen LogP contribution in [-0.4, -0.2) is 51.2 Å². The van der Waals surface area contributed by atoms with Crippen molar-refractivity contribution in [1.29, 1.82) is 0 Å². The third-order valence-corrected chi connectivity index (χ3v) is 9.41. The van der Waals surface area contributed by atoms with Gasteiger partial charge in [-0.1, -0.05) is 25.5 Å². The molecule has 0 amide bonds. The number of ketones is 1. The van der Waals surface area contributed by atoms with E-state index in [2.05, 4.69) is 19.9 Å². The Balaban J connectivity index is 0.00000225. The van der Waals surface area contributed by atoms with Crippen molar-refractivity contribution in [2.24, 2.45) is 34.5 Å². The van der Waals surface area contributed by atoms with Gasteiger partial charge in [0.1, 0.15) is 5.78 Å². The molecule has 0 bridgehead atoms. The molecule has 3 saturated carbocycles. The van der Waals surface area contributed by atoms with Gasteiger partial charge in [-0.25, -0.2) is 4.57 Å². The molecular weight excluding hydrogens is 386 g/mol. The average Bonchev–Trinajstić information content (AvgIpc) is 2.91. The van der Waals surface area contributed by atoms with Crippen LogP contribution in [-0.2, 0) is 13.9 Å². The predicted molar refractivity (Wildman–Crippen MR) is 110 cm³/mol. The zero-order valence-electron chi connectivity index (χ0n) is 16.7. The fourth-order valence-corrected chi connectivity index (χ4v) is 8.15. The third kappa shape index (κ3) is 3.79. The van der Waals surface area contributed by atoms with Gasteiger partial charge < -0.3 is 9.79 Å². The van der Waals surface area contributed by atoms with E-state index in [1.807, 2.05) is 0 Å². The van der Waals surface area contributed by atoms with Crippen molar-refractivity contribution in [3.05, 3.63) is 11.6 Å². The van der Waals surface area contributed by atoms with Gasteiger partial charge in [0.15, 0.2) is 0 Å². The van der Waals surface area contributed by atoms with Crippen LogP contribution in [0.4, 0.5) is 0 Å². The number of Topliss-reactive ketones (excluding diaryl/α,β-unsaturated/α-hetero) is 1. The van der Waals surface area contributed by atoms with Crippen LogP contribution in [0.2, 0.25) is 0 Å². The molecule has 7 heteroatoms. The Morgan fingerprint density at radius 1 is 1.14 bits per heavy atom. The SMILES string of the molecule is CC(=O)C1CCC2C3CC=C4CC(OP(=O)(O)O)CCC4(C)C3CCC12C.[NaH]. The summed E-state index contributed by atoms with van der Waals surface area (Å²) < 4.78 is 16.3. The Morgan fingerprint density at radius 2 is 1.86 bits per heavy atom. The van der Waals surface area contributed by atoms with Gasteiger partial charge in [0.2, 0.25) is 0 Å². The number of hydrogen-bond donors (Lipinski definition) is 2. The van der Waals surface area contributed by atoms with Gasteiger partial charge in [-0.05, 0) is 86.9 Å². The summed E-state index contributed by atoms with van der Waals surface area (Å²) in [4.78, 5) is 30.5. The van der Waals surface area contributed by atoms with Crippen molar-refractivity contribution in [3.63, 3.8) is 0 Å². The molecule has 0 aromatic heterocycles. The van der Waals surface area contributed by atoms with E-state index in [0.29, 0.717) is 36.4 Å². The summed E-state index contributed by atoms with van der Waals surface area (Å²) in [5, 5.41) is 0. The Kier molecular flexibility index (Phi) is 6.54. The van der Waals surface area contributed by atoms with Crippen LogP contribution in [0.15, 0.2) is 11.6 Å². The van der Waals surface area contributed by atoms with Gasteiger partial charge in [-0.15, -0.1) is 0 Å². The van der Waals surface area contributed by atoms with Crippen LogP contribution in [0.5, 0.6) is 0 Å². The molecule has 154 valence electrons. The van der Waals surface area contributed by atoms with Gasteiger partial charge in [0.05, 0.1) is 6.10 Å². The second kappa shape index (κ2) is 7.89. The fourth-order valence-electron chi connectivity index (χ4n) is 7.58. The van der Waals surface area contributed by atoms with Crippen molar-refractivity contribution in [2.45, 2.75) is 78.2 Å². The molecule has 0 radical (unpaired) electrons. The number of fused-ring (bicyclic) bond motifs is 5. The molecule has 0 spiro atoms. The summed E-state index contributed by atoms with van der Waals surface area (Å²) in [5.41, 5.74) is 1.63. The van der Waals surface area contributed by atoms with Crippen molar-refractivity contribution >= 4 is 43.2 Å². The van der Waals surface area contributed by atoms with Gasteiger partial charge >= 0.3 is 37.4 Å². The number of carbonyl (C=O) groups is 1. The Labute approximate surface area is 190 Å². The van der Waals surface area contributed by atoms with Crippen LogP contribution in [0, 0.1) is 34.5 Å². The van der Waals surface area contributed by atoms with E-state index in [9.17, 15) is 9.36 Å². The minimum atomic E-state index is -4.43. The first-order chi connectivity index (χ1) is 12.5. The first kappa shape index (κ1) is 23.2. The Morgan fingerprint density at radius 3 is 2.50 bits per heavy atom. The summed E-state index contributed by atoms with van der Waals surface area (Å²) in [5.74, 6) is 2.49. The van der Waals surface area contributed by atoms with Crippen LogP contribution in [0.3, 0.4) is 0 Å². The van der Waals surface area contributed by atoms with E-state index in [1.165, 1.54) is 18.4 Å². The molecule has 0 heterocycles. The number of hydrogen-bond acceptors (Lipinski definition) is 3. The third-order valence-electron chi connectivity index (χ3n) is 8.84. The summed E-state index contributed by atoms with van der Waals surface area (Å²) in [6.07, 6.45) is 9.83. The zero-order valence-corrected chi connectivity index (χ0v) is 17.6. The maximum absolute atomic E-state index is 12.2. The number of carbonyl (C=O) groups excluding carboxylic acids is 1. The fraction of sp³-hybridized carbons (Fsp3) is 0.857. The minimum absolute atomic E-state index is 0. The summed E-state index contributed by atoms with van der Waals surface area (Å²) >= 11 is 0. The van der Waals surface area contributed by atoms with Crippen LogP contribution >= 0.6 is 7.82 Å². The topological polar surface area (TPSA) is 83.8 Å². The predicted octanol–water partition coefficient (Wildman–Crippen LogP) is 3.98. The van der Waals surface area contributed by atoms with Gasteiger partial charge in [-0.3, -0.25) is 9.32 Å². The van der Waals surface area contributed by atoms with E-state index in [-0.39, 0.29) is 52.4 Å². The number of allylic oxidation sites excluding steroid dienone is 1. The van der Waals surface area contributed by atoms with E-state index in [1.54, 1.807) is 6.92 Å². The molecule has 7 unspecified atom stereocenters. The van der Waals surface area contributed by atoms with Crippen molar-refractivity contribution in [1.82, 2.24) is 0 Å². The van der Waals surface area contributed by atoms with Crippen LogP contribution in [0.1, 0.15) is 72.1 Å². The van der Waals surface area contributed by atoms with Crippen molar-refractivity contribution < 1.29 is 23.7 Å². The average molecular weight is 420 g/mol. The molecule has 4 rings (SSSR count). The number of phosphoric ester groups is 1. The van der Waals surface area contributed by atoms with E-state index in [0.717, 1.165) is 25.7 Å². The number of rotatable bonds is 3. The molecule has 0 saturated heterocycles. The second-order valence-electron chi connectivity index (χ2n) is 10.0. The van der Waals surface area contributed by atoms with Gasteiger partial charge in [0.25, 0.3) is 0 Å². The molecule has 7 atom stereocenters. The van der Waals surface area contributed by atoms with E-state index >= 15 is 0 Å². The van der Waals surface area contributed by atoms with Crippen LogP contribution < -0.4 is 0 Å². The van der Waals surface area contributed by atoms with E-state index < -0.39 is 7.82 Å². The summed E-state index contributed by atoms with van der Waals surface area (Å²) in [6, 6.07) is 0. The monoisotopic (exact) mass is 420 g/mol. The zero-order chi connectivity index (χ0) is 19.6. The quantitative estimate of drug-likeness (QED) is 0.410. The summed E-state index contributed by atoms with van der Waals surface area (Å²) in [7, 11) is -4.43. The molecule has 4 aliphatic rings. The Bertz CT molecular complexity index is 718. The molecule has 28 heavy (non-hydrogen) atoms. The number of phosphoric acid groups is 1. The standard InChI is InChI=1S/C21H33O5P.Na.H/c1-13(22)17-6-7-18-16-5-4-14-12-15(26-27(23,24)25)8-10-20(14,2)19(16)9-11-21(17,18)3;;/h4,15-19H,5-12H2,1-3H3,(H2,23,24,25);;. The Hall–Kier alpha value is 0.520.